The topological polar surface area (TPSA) is 72.2 Å². The summed E-state index contributed by atoms with van der Waals surface area (Å²) >= 11 is 37.3. The molecule has 1 N–H and O–H groups in total. The summed E-state index contributed by atoms with van der Waals surface area (Å²) in [6.45, 7) is 0. The lowest BCUT2D eigenvalue weighted by Gasteiger charge is -2.09. The maximum Gasteiger partial charge on any atom is 0.231 e. The average Bonchev–Trinajstić information content (AvgIpc) is 3.16. The first-order chi connectivity index (χ1) is 17.0. The maximum atomic E-state index is 13.0. The van der Waals surface area contributed by atoms with Gasteiger partial charge in [0.1, 0.15) is 9.85 Å². The SMILES string of the molecule is O=C(Cc1nc2cc(Cl)ccc2o1)c1cc(NC(=O)C2C(c3cc(Cl)cc(Cl)c3)C2(Cl)Cl)ccc1Cl. The van der Waals surface area contributed by atoms with Crippen LogP contribution in [0.5, 0.6) is 0 Å². The van der Waals surface area contributed by atoms with Gasteiger partial charge in [-0.2, -0.15) is 0 Å². The van der Waals surface area contributed by atoms with E-state index in [4.69, 9.17) is 74.0 Å². The third-order valence-electron chi connectivity index (χ3n) is 5.82. The summed E-state index contributed by atoms with van der Waals surface area (Å²) in [6, 6.07) is 14.5. The predicted molar refractivity (Wildman–Crippen MR) is 144 cm³/mol. The highest BCUT2D eigenvalue weighted by atomic mass is 35.5. The minimum Gasteiger partial charge on any atom is -0.440 e. The Morgan fingerprint density at radius 2 is 1.64 bits per heavy atom. The van der Waals surface area contributed by atoms with Crippen molar-refractivity contribution in [3.05, 3.63) is 91.7 Å². The van der Waals surface area contributed by atoms with Gasteiger partial charge >= 0.3 is 0 Å². The zero-order chi connectivity index (χ0) is 25.8. The van der Waals surface area contributed by atoms with E-state index < -0.39 is 22.1 Å². The second-order valence-corrected chi connectivity index (χ2v) is 11.5. The Bertz CT molecular complexity index is 1510. The first kappa shape index (κ1) is 25.7. The van der Waals surface area contributed by atoms with E-state index in [1.54, 1.807) is 42.5 Å². The standard InChI is InChI=1S/C25H14Cl6N2O3/c26-12-1-4-20-18(8-12)33-21(36-20)10-19(34)16-9-15(2-3-17(16)29)32-24(35)23-22(25(23,30)31)11-5-13(27)7-14(28)6-11/h1-9,22-23H,10H2,(H,32,35). The largest absolute Gasteiger partial charge is 0.440 e. The average molecular weight is 603 g/mol. The molecular formula is C25H14Cl6N2O3. The van der Waals surface area contributed by atoms with E-state index in [9.17, 15) is 9.59 Å². The highest BCUT2D eigenvalue weighted by Crippen LogP contribution is 2.65. The molecule has 5 rings (SSSR count). The number of halogens is 6. The normalized spacial score (nSPS) is 18.3. The van der Waals surface area contributed by atoms with E-state index in [2.05, 4.69) is 10.3 Å². The van der Waals surface area contributed by atoms with Gasteiger partial charge in [0.05, 0.1) is 17.4 Å². The number of anilines is 1. The lowest BCUT2D eigenvalue weighted by molar-refractivity contribution is -0.117. The second kappa shape index (κ2) is 9.71. The van der Waals surface area contributed by atoms with Gasteiger partial charge in [0.15, 0.2) is 11.4 Å². The third-order valence-corrected chi connectivity index (χ3v) is 7.76. The molecule has 1 aliphatic carbocycles. The number of hydrogen-bond acceptors (Lipinski definition) is 4. The summed E-state index contributed by atoms with van der Waals surface area (Å²) in [6.07, 6.45) is -0.129. The van der Waals surface area contributed by atoms with Crippen molar-refractivity contribution in [3.8, 4) is 0 Å². The molecular weight excluding hydrogens is 589 g/mol. The Labute approximate surface area is 235 Å². The highest BCUT2D eigenvalue weighted by molar-refractivity contribution is 6.53. The summed E-state index contributed by atoms with van der Waals surface area (Å²) in [7, 11) is 0. The smallest absolute Gasteiger partial charge is 0.231 e. The van der Waals surface area contributed by atoms with Gasteiger partial charge in [-0.15, -0.1) is 23.2 Å². The molecule has 1 amide bonds. The highest BCUT2D eigenvalue weighted by Gasteiger charge is 2.67. The Hall–Kier alpha value is -1.99. The molecule has 36 heavy (non-hydrogen) atoms. The van der Waals surface area contributed by atoms with Crippen molar-refractivity contribution < 1.29 is 14.0 Å². The number of oxazole rings is 1. The zero-order valence-electron chi connectivity index (χ0n) is 18.0. The van der Waals surface area contributed by atoms with Gasteiger partial charge in [0, 0.05) is 32.2 Å². The molecule has 1 saturated carbocycles. The molecule has 184 valence electrons. The number of hydrogen-bond donors (Lipinski definition) is 1. The summed E-state index contributed by atoms with van der Waals surface area (Å²) in [5.41, 5.74) is 2.27. The molecule has 0 saturated heterocycles. The number of rotatable bonds is 6. The maximum absolute atomic E-state index is 13.0. The van der Waals surface area contributed by atoms with Crippen LogP contribution in [0.25, 0.3) is 11.1 Å². The van der Waals surface area contributed by atoms with Gasteiger partial charge in [0.2, 0.25) is 11.8 Å². The van der Waals surface area contributed by atoms with E-state index in [-0.39, 0.29) is 28.7 Å². The number of Topliss-reactive ketones (excluding diaryl/α,β-unsaturated/α-hetero) is 1. The molecule has 1 fully saturated rings. The molecule has 2 atom stereocenters. The van der Waals surface area contributed by atoms with Crippen molar-refractivity contribution >= 4 is 98.1 Å². The van der Waals surface area contributed by atoms with Gasteiger partial charge < -0.3 is 9.73 Å². The minimum absolute atomic E-state index is 0.129. The number of aromatic nitrogens is 1. The fourth-order valence-electron chi connectivity index (χ4n) is 4.12. The third kappa shape index (κ3) is 5.06. The van der Waals surface area contributed by atoms with Crippen molar-refractivity contribution in [2.45, 2.75) is 16.7 Å². The van der Waals surface area contributed by atoms with Crippen LogP contribution in [0.1, 0.15) is 27.7 Å². The van der Waals surface area contributed by atoms with Crippen LogP contribution < -0.4 is 5.32 Å². The van der Waals surface area contributed by atoms with Crippen LogP contribution >= 0.6 is 69.6 Å². The van der Waals surface area contributed by atoms with Gasteiger partial charge in [0.25, 0.3) is 0 Å². The number of carbonyl (C=O) groups excluding carboxylic acids is 2. The van der Waals surface area contributed by atoms with Crippen molar-refractivity contribution in [3.63, 3.8) is 0 Å². The molecule has 0 bridgehead atoms. The van der Waals surface area contributed by atoms with E-state index in [0.29, 0.717) is 37.4 Å². The van der Waals surface area contributed by atoms with Gasteiger partial charge in [-0.25, -0.2) is 4.98 Å². The van der Waals surface area contributed by atoms with Gasteiger partial charge in [-0.1, -0.05) is 46.4 Å². The van der Waals surface area contributed by atoms with E-state index in [1.807, 2.05) is 0 Å². The molecule has 1 aliphatic rings. The first-order valence-electron chi connectivity index (χ1n) is 10.6. The molecule has 1 heterocycles. The molecule has 1 aromatic heterocycles. The van der Waals surface area contributed by atoms with Crippen LogP contribution in [0.4, 0.5) is 5.69 Å². The Balaban J connectivity index is 1.33. The minimum atomic E-state index is -1.33. The van der Waals surface area contributed by atoms with Gasteiger partial charge in [-0.05, 0) is 60.2 Å². The van der Waals surface area contributed by atoms with Crippen LogP contribution in [0, 0.1) is 5.92 Å². The van der Waals surface area contributed by atoms with E-state index >= 15 is 0 Å². The zero-order valence-corrected chi connectivity index (χ0v) is 22.5. The number of ketones is 1. The second-order valence-electron chi connectivity index (χ2n) is 8.34. The summed E-state index contributed by atoms with van der Waals surface area (Å²) in [5.74, 6) is -1.79. The van der Waals surface area contributed by atoms with E-state index in [0.717, 1.165) is 0 Å². The van der Waals surface area contributed by atoms with Gasteiger partial charge in [-0.3, -0.25) is 9.59 Å². The molecule has 5 nitrogen and oxygen atoms in total. The summed E-state index contributed by atoms with van der Waals surface area (Å²) < 4.78 is 4.30. The quantitative estimate of drug-likeness (QED) is 0.178. The fraction of sp³-hybridized carbons (Fsp3) is 0.160. The van der Waals surface area contributed by atoms with Crippen LogP contribution in [0.15, 0.2) is 59.0 Å². The molecule has 0 aliphatic heterocycles. The Kier molecular flexibility index (Phi) is 6.92. The van der Waals surface area contributed by atoms with Crippen molar-refractivity contribution in [1.29, 1.82) is 0 Å². The summed E-state index contributed by atoms with van der Waals surface area (Å²) in [4.78, 5) is 30.3. The van der Waals surface area contributed by atoms with Crippen LogP contribution in [-0.4, -0.2) is 21.0 Å². The molecule has 0 spiro atoms. The number of benzene rings is 3. The van der Waals surface area contributed by atoms with Crippen LogP contribution in [0.3, 0.4) is 0 Å². The molecule has 0 radical (unpaired) electrons. The monoisotopic (exact) mass is 600 g/mol. The van der Waals surface area contributed by atoms with Crippen LogP contribution in [-0.2, 0) is 11.2 Å². The lowest BCUT2D eigenvalue weighted by Crippen LogP contribution is -2.17. The molecule has 3 aromatic carbocycles. The Morgan fingerprint density at radius 3 is 2.36 bits per heavy atom. The number of fused-ring (bicyclic) bond motifs is 1. The molecule has 2 unspecified atom stereocenters. The lowest BCUT2D eigenvalue weighted by atomic mass is 10.1. The van der Waals surface area contributed by atoms with Crippen molar-refractivity contribution in [1.82, 2.24) is 4.98 Å². The number of carbonyl (C=O) groups is 2. The van der Waals surface area contributed by atoms with Crippen molar-refractivity contribution in [2.24, 2.45) is 5.92 Å². The van der Waals surface area contributed by atoms with Crippen LogP contribution in [0.2, 0.25) is 20.1 Å². The number of alkyl halides is 2. The van der Waals surface area contributed by atoms with E-state index in [1.165, 1.54) is 12.1 Å². The molecule has 4 aromatic rings. The Morgan fingerprint density at radius 1 is 0.917 bits per heavy atom. The number of amides is 1. The first-order valence-corrected chi connectivity index (χ1v) is 12.8. The van der Waals surface area contributed by atoms with Crippen molar-refractivity contribution in [2.75, 3.05) is 5.32 Å². The predicted octanol–water partition coefficient (Wildman–Crippen LogP) is 8.39. The number of nitrogens with zero attached hydrogens (tertiary/aromatic N) is 1. The fourth-order valence-corrected chi connectivity index (χ4v) is 5.88. The molecule has 11 heteroatoms. The summed E-state index contributed by atoms with van der Waals surface area (Å²) in [5, 5.41) is 4.32. The number of nitrogens with one attached hydrogen (secondary N) is 1.